The fourth-order valence-corrected chi connectivity index (χ4v) is 2.96. The number of aliphatic imine (C=N–C) groups is 1. The Hall–Kier alpha value is -1.23. The molecule has 1 saturated carbocycles. The molecule has 148 valence electrons. The Morgan fingerprint density at radius 1 is 1.23 bits per heavy atom. The fourth-order valence-electron chi connectivity index (χ4n) is 2.96. The number of ether oxygens (including phenoxy) is 1. The maximum absolute atomic E-state index is 12.1. The highest BCUT2D eigenvalue weighted by Crippen LogP contribution is 2.24. The van der Waals surface area contributed by atoms with Crippen LogP contribution >= 0.6 is 24.0 Å². The van der Waals surface area contributed by atoms with Crippen LogP contribution in [0, 0.1) is 0 Å². The summed E-state index contributed by atoms with van der Waals surface area (Å²) in [7, 11) is 2.11. The van der Waals surface area contributed by atoms with E-state index in [9.17, 15) is 13.2 Å². The van der Waals surface area contributed by atoms with Crippen LogP contribution in [0.3, 0.4) is 0 Å². The minimum absolute atomic E-state index is 0. The molecule has 2 rings (SSSR count). The first-order chi connectivity index (χ1) is 11.8. The zero-order chi connectivity index (χ0) is 18.3. The smallest absolute Gasteiger partial charge is 0.406 e. The maximum Gasteiger partial charge on any atom is 0.573 e. The zero-order valence-corrected chi connectivity index (χ0v) is 17.1. The molecular weight excluding hydrogens is 460 g/mol. The quantitative estimate of drug-likeness (QED) is 0.360. The highest BCUT2D eigenvalue weighted by molar-refractivity contribution is 14.0. The van der Waals surface area contributed by atoms with Gasteiger partial charge in [0.2, 0.25) is 0 Å². The number of hydrogen-bond donors (Lipinski definition) is 2. The van der Waals surface area contributed by atoms with Crippen molar-refractivity contribution in [3.05, 3.63) is 24.3 Å². The minimum Gasteiger partial charge on any atom is -0.406 e. The Bertz CT molecular complexity index is 560. The van der Waals surface area contributed by atoms with E-state index >= 15 is 0 Å². The van der Waals surface area contributed by atoms with E-state index in [1.807, 2.05) is 0 Å². The summed E-state index contributed by atoms with van der Waals surface area (Å²) < 4.78 is 40.1. The van der Waals surface area contributed by atoms with Gasteiger partial charge >= 0.3 is 6.36 Å². The molecule has 0 saturated heterocycles. The summed E-state index contributed by atoms with van der Waals surface area (Å²) in [6.45, 7) is 1.40. The lowest BCUT2D eigenvalue weighted by atomic mass is 9.94. The van der Waals surface area contributed by atoms with Gasteiger partial charge in [0.05, 0.1) is 6.54 Å². The van der Waals surface area contributed by atoms with Gasteiger partial charge in [-0.3, -0.25) is 4.99 Å². The number of nitrogens with one attached hydrogen (secondary N) is 1. The van der Waals surface area contributed by atoms with Gasteiger partial charge in [-0.05, 0) is 44.2 Å². The molecule has 1 aliphatic carbocycles. The first-order valence-electron chi connectivity index (χ1n) is 8.46. The average molecular weight is 486 g/mol. The number of rotatable bonds is 6. The van der Waals surface area contributed by atoms with Gasteiger partial charge in [0.15, 0.2) is 5.96 Å². The Labute approximate surface area is 169 Å². The molecule has 0 unspecified atom stereocenters. The van der Waals surface area contributed by atoms with Gasteiger partial charge in [0, 0.05) is 18.3 Å². The standard InChI is InChI=1S/C17H25F3N4O.HI/c1-24(14-5-3-2-4-6-14)12-11-22-16(21)23-13-7-9-15(10-8-13)25-17(18,19)20;/h7-10,14H,2-6,11-12H2,1H3,(H3,21,22,23);1H. The molecule has 9 heteroatoms. The number of benzene rings is 1. The second-order valence-electron chi connectivity index (χ2n) is 6.24. The lowest BCUT2D eigenvalue weighted by molar-refractivity contribution is -0.274. The number of anilines is 1. The van der Waals surface area contributed by atoms with Gasteiger partial charge < -0.3 is 20.7 Å². The van der Waals surface area contributed by atoms with E-state index in [1.165, 1.54) is 56.4 Å². The van der Waals surface area contributed by atoms with Crippen LogP contribution in [-0.2, 0) is 0 Å². The molecule has 0 amide bonds. The molecule has 5 nitrogen and oxygen atoms in total. The summed E-state index contributed by atoms with van der Waals surface area (Å²) in [6.07, 6.45) is 1.68. The van der Waals surface area contributed by atoms with E-state index in [4.69, 9.17) is 5.73 Å². The summed E-state index contributed by atoms with van der Waals surface area (Å²) in [5.41, 5.74) is 6.37. The van der Waals surface area contributed by atoms with Gasteiger partial charge in [0.1, 0.15) is 5.75 Å². The van der Waals surface area contributed by atoms with Crippen molar-refractivity contribution in [2.24, 2.45) is 10.7 Å². The van der Waals surface area contributed by atoms with Gasteiger partial charge in [0.25, 0.3) is 0 Å². The van der Waals surface area contributed by atoms with Crippen molar-refractivity contribution >= 4 is 35.6 Å². The predicted octanol–water partition coefficient (Wildman–Crippen LogP) is 4.19. The molecule has 0 aliphatic heterocycles. The highest BCUT2D eigenvalue weighted by atomic mass is 127. The van der Waals surface area contributed by atoms with Crippen molar-refractivity contribution in [3.63, 3.8) is 0 Å². The number of nitrogens with two attached hydrogens (primary N) is 1. The second kappa shape index (κ2) is 10.8. The Kier molecular flexibility index (Phi) is 9.48. The van der Waals surface area contributed by atoms with Gasteiger partial charge in [-0.15, -0.1) is 37.1 Å². The molecule has 0 bridgehead atoms. The maximum atomic E-state index is 12.1. The van der Waals surface area contributed by atoms with E-state index in [0.717, 1.165) is 6.54 Å². The van der Waals surface area contributed by atoms with Crippen molar-refractivity contribution in [3.8, 4) is 5.75 Å². The van der Waals surface area contributed by atoms with E-state index in [2.05, 4.69) is 27.0 Å². The highest BCUT2D eigenvalue weighted by Gasteiger charge is 2.30. The molecule has 1 fully saturated rings. The van der Waals surface area contributed by atoms with Crippen LogP contribution in [0.5, 0.6) is 5.75 Å². The van der Waals surface area contributed by atoms with Crippen molar-refractivity contribution < 1.29 is 17.9 Å². The first-order valence-corrected chi connectivity index (χ1v) is 8.46. The molecule has 1 aromatic carbocycles. The zero-order valence-electron chi connectivity index (χ0n) is 14.8. The Morgan fingerprint density at radius 3 is 2.42 bits per heavy atom. The molecule has 3 N–H and O–H groups in total. The number of halogens is 4. The average Bonchev–Trinajstić information content (AvgIpc) is 2.56. The van der Waals surface area contributed by atoms with Crippen LogP contribution in [0.1, 0.15) is 32.1 Å². The summed E-state index contributed by atoms with van der Waals surface area (Å²) in [6, 6.07) is 5.98. The number of nitrogens with zero attached hydrogens (tertiary/aromatic N) is 2. The van der Waals surface area contributed by atoms with Crippen LogP contribution in [-0.4, -0.2) is 43.4 Å². The van der Waals surface area contributed by atoms with Crippen LogP contribution in [0.15, 0.2) is 29.3 Å². The van der Waals surface area contributed by atoms with Crippen LogP contribution in [0.25, 0.3) is 0 Å². The largest absolute Gasteiger partial charge is 0.573 e. The summed E-state index contributed by atoms with van der Waals surface area (Å²) in [5.74, 6) is -0.0378. The third kappa shape index (κ3) is 8.43. The Morgan fingerprint density at radius 2 is 1.85 bits per heavy atom. The number of alkyl halides is 3. The van der Waals surface area contributed by atoms with E-state index < -0.39 is 6.36 Å². The molecular formula is C17H26F3IN4O. The summed E-state index contributed by atoms with van der Waals surface area (Å²) in [4.78, 5) is 6.59. The van der Waals surface area contributed by atoms with Crippen molar-refractivity contribution in [1.82, 2.24) is 4.90 Å². The lowest BCUT2D eigenvalue weighted by Gasteiger charge is -2.30. The molecule has 0 spiro atoms. The molecule has 1 aromatic rings. The molecule has 1 aliphatic rings. The van der Waals surface area contributed by atoms with Crippen LogP contribution in [0.2, 0.25) is 0 Å². The molecule has 0 aromatic heterocycles. The number of hydrogen-bond acceptors (Lipinski definition) is 3. The van der Waals surface area contributed by atoms with E-state index in [-0.39, 0.29) is 35.7 Å². The third-order valence-electron chi connectivity index (χ3n) is 4.29. The molecule has 0 radical (unpaired) electrons. The predicted molar refractivity (Wildman–Crippen MR) is 108 cm³/mol. The summed E-state index contributed by atoms with van der Waals surface area (Å²) in [5, 5.41) is 2.86. The van der Waals surface area contributed by atoms with Crippen LogP contribution in [0.4, 0.5) is 18.9 Å². The number of guanidine groups is 1. The van der Waals surface area contributed by atoms with Gasteiger partial charge in [-0.25, -0.2) is 0 Å². The summed E-state index contributed by atoms with van der Waals surface area (Å²) >= 11 is 0. The van der Waals surface area contributed by atoms with Crippen molar-refractivity contribution in [1.29, 1.82) is 0 Å². The van der Waals surface area contributed by atoms with Crippen molar-refractivity contribution in [2.45, 2.75) is 44.5 Å². The molecule has 26 heavy (non-hydrogen) atoms. The monoisotopic (exact) mass is 486 g/mol. The normalized spacial score (nSPS) is 16.3. The Balaban J connectivity index is 0.00000338. The van der Waals surface area contributed by atoms with Gasteiger partial charge in [-0.1, -0.05) is 19.3 Å². The van der Waals surface area contributed by atoms with Crippen LogP contribution < -0.4 is 15.8 Å². The molecule has 0 heterocycles. The number of likely N-dealkylation sites (N-methyl/N-ethyl adjacent to an activating group) is 1. The van der Waals surface area contributed by atoms with Crippen molar-refractivity contribution in [2.75, 3.05) is 25.5 Å². The second-order valence-corrected chi connectivity index (χ2v) is 6.24. The topological polar surface area (TPSA) is 62.9 Å². The van der Waals surface area contributed by atoms with E-state index in [0.29, 0.717) is 18.3 Å². The lowest BCUT2D eigenvalue weighted by Crippen LogP contribution is -2.35. The minimum atomic E-state index is -4.69. The first kappa shape index (κ1) is 22.8. The third-order valence-corrected chi connectivity index (χ3v) is 4.29. The van der Waals surface area contributed by atoms with Gasteiger partial charge in [-0.2, -0.15) is 0 Å². The van der Waals surface area contributed by atoms with E-state index in [1.54, 1.807) is 0 Å². The fraction of sp³-hybridized carbons (Fsp3) is 0.588. The SMILES string of the molecule is CN(CCN=C(N)Nc1ccc(OC(F)(F)F)cc1)C1CCCCC1.I. The molecule has 0 atom stereocenters.